The molecule has 4 heterocycles. The van der Waals surface area contributed by atoms with Gasteiger partial charge in [-0.05, 0) is 59.2 Å². The highest BCUT2D eigenvalue weighted by atomic mass is 32.1. The maximum absolute atomic E-state index is 14.8. The van der Waals surface area contributed by atoms with Crippen LogP contribution in [0.25, 0.3) is 5.70 Å². The van der Waals surface area contributed by atoms with Crippen molar-refractivity contribution in [1.29, 1.82) is 0 Å². The summed E-state index contributed by atoms with van der Waals surface area (Å²) in [5.41, 5.74) is 7.53. The highest BCUT2D eigenvalue weighted by molar-refractivity contribution is 7.14. The Labute approximate surface area is 416 Å². The Morgan fingerprint density at radius 2 is 1.28 bits per heavy atom. The lowest BCUT2D eigenvalue weighted by molar-refractivity contribution is -0.585. The molecule has 2 aromatic heterocycles. The number of β-lactam (4-membered cyclic amide) rings is 1. The van der Waals surface area contributed by atoms with Crippen LogP contribution in [0.15, 0.2) is 217 Å². The first-order chi connectivity index (χ1) is 34.8. The quantitative estimate of drug-likeness (QED) is 0.0247. The van der Waals surface area contributed by atoms with E-state index in [4.69, 9.17) is 14.6 Å². The first-order valence-corrected chi connectivity index (χ1v) is 24.5. The first-order valence-electron chi connectivity index (χ1n) is 23.6. The van der Waals surface area contributed by atoms with Gasteiger partial charge in [-0.25, -0.2) is 9.78 Å². The van der Waals surface area contributed by atoms with Gasteiger partial charge in [0.2, 0.25) is 5.70 Å². The van der Waals surface area contributed by atoms with Crippen molar-refractivity contribution < 1.29 is 28.5 Å². The van der Waals surface area contributed by atoms with Gasteiger partial charge in [0.1, 0.15) is 23.9 Å². The predicted molar refractivity (Wildman–Crippen MR) is 275 cm³/mol. The molecule has 71 heavy (non-hydrogen) atoms. The average Bonchev–Trinajstić information content (AvgIpc) is 3.89. The molecule has 2 aliphatic heterocycles. The Morgan fingerprint density at radius 3 is 1.83 bits per heavy atom. The van der Waals surface area contributed by atoms with Crippen LogP contribution in [-0.2, 0) is 36.1 Å². The number of hydrogen-bond acceptors (Lipinski definition) is 9. The topological polar surface area (TPSA) is 126 Å². The molecule has 12 heteroatoms. The number of aromatic nitrogens is 2. The lowest BCUT2D eigenvalue weighted by atomic mass is 9.77. The van der Waals surface area contributed by atoms with Crippen molar-refractivity contribution in [2.24, 2.45) is 5.16 Å². The monoisotopic (exact) mass is 955 g/mol. The van der Waals surface area contributed by atoms with E-state index in [1.54, 1.807) is 5.38 Å². The Bertz CT molecular complexity index is 3090. The number of carbonyl (C=O) groups is 3. The molecule has 0 aliphatic carbocycles. The molecule has 2 atom stereocenters. The number of carbonyl (C=O) groups excluding carboxylic acids is 3. The molecular weight excluding hydrogens is 905 g/mol. The van der Waals surface area contributed by atoms with E-state index in [-0.39, 0.29) is 23.7 Å². The van der Waals surface area contributed by atoms with Crippen LogP contribution in [0.5, 0.6) is 0 Å². The number of amides is 2. The minimum absolute atomic E-state index is 0.0902. The van der Waals surface area contributed by atoms with Gasteiger partial charge in [0.05, 0.1) is 6.04 Å². The van der Waals surface area contributed by atoms with Crippen molar-refractivity contribution in [2.75, 3.05) is 5.32 Å². The Morgan fingerprint density at radius 1 is 0.746 bits per heavy atom. The van der Waals surface area contributed by atoms with Crippen LogP contribution in [0.4, 0.5) is 5.13 Å². The van der Waals surface area contributed by atoms with E-state index in [9.17, 15) is 14.4 Å². The van der Waals surface area contributed by atoms with Gasteiger partial charge in [-0.15, -0.1) is 11.3 Å². The first kappa shape index (κ1) is 46.3. The maximum atomic E-state index is 14.8. The standard InChI is InChI=1S/C59H50N6O5S/c1-40-35-36-64(37-41(40)2)50-34-33-49-52(56(67)65(49)53(50)57(68)70-54(43-23-11-4-12-24-43)44-25-13-5-14-26-44)61-55(66)51(63-69-38-42-21-9-3-10-22-42)48-39-71-58(60-48)62-59(45-27-15-6-16-28-45,46-29-17-7-18-30-46)47-31-19-8-20-32-47/h3-32,35-37,39,49,52,54H,33-34,38H2,1-2H3,(H-,60,61,62,66)/p+1/b63-51-/t49?,52-/m1/s1. The van der Waals surface area contributed by atoms with Crippen LogP contribution < -0.4 is 15.2 Å². The molecule has 2 N–H and O–H groups in total. The molecule has 8 aromatic rings. The number of oxime groups is 1. The molecule has 2 aliphatic rings. The van der Waals surface area contributed by atoms with E-state index in [1.165, 1.54) is 16.2 Å². The fourth-order valence-electron chi connectivity index (χ4n) is 9.42. The van der Waals surface area contributed by atoms with Crippen LogP contribution >= 0.6 is 11.3 Å². The third-order valence-corrected chi connectivity index (χ3v) is 13.9. The molecule has 352 valence electrons. The summed E-state index contributed by atoms with van der Waals surface area (Å²) in [5.74, 6) is -1.75. The van der Waals surface area contributed by atoms with Gasteiger partial charge in [-0.3, -0.25) is 14.5 Å². The van der Waals surface area contributed by atoms with Crippen molar-refractivity contribution in [3.8, 4) is 0 Å². The van der Waals surface area contributed by atoms with Crippen molar-refractivity contribution in [3.05, 3.63) is 262 Å². The van der Waals surface area contributed by atoms with E-state index < -0.39 is 41.5 Å². The van der Waals surface area contributed by atoms with Crippen LogP contribution in [0, 0.1) is 13.8 Å². The second kappa shape index (κ2) is 20.6. The zero-order chi connectivity index (χ0) is 48.7. The summed E-state index contributed by atoms with van der Waals surface area (Å²) >= 11 is 1.32. The van der Waals surface area contributed by atoms with Crippen molar-refractivity contribution in [1.82, 2.24) is 15.2 Å². The zero-order valence-corrected chi connectivity index (χ0v) is 40.0. The molecule has 10 rings (SSSR count). The van der Waals surface area contributed by atoms with E-state index >= 15 is 0 Å². The molecule has 1 saturated heterocycles. The summed E-state index contributed by atoms with van der Waals surface area (Å²) in [5, 5.41) is 13.5. The number of nitrogens with zero attached hydrogens (tertiary/aromatic N) is 4. The van der Waals surface area contributed by atoms with Gasteiger partial charge in [0.25, 0.3) is 11.8 Å². The Balaban J connectivity index is 0.973. The number of fused-ring (bicyclic) bond motifs is 1. The number of nitrogens with one attached hydrogen (secondary N) is 2. The van der Waals surface area contributed by atoms with Crippen molar-refractivity contribution >= 4 is 45.7 Å². The molecule has 0 radical (unpaired) electrons. The molecule has 0 spiro atoms. The van der Waals surface area contributed by atoms with Gasteiger partial charge in [-0.2, -0.15) is 4.57 Å². The molecule has 2 amide bonds. The number of esters is 1. The van der Waals surface area contributed by atoms with Crippen LogP contribution in [0.1, 0.15) is 69.1 Å². The van der Waals surface area contributed by atoms with E-state index in [0.717, 1.165) is 44.5 Å². The number of benzene rings is 6. The molecule has 1 fully saturated rings. The molecule has 0 bridgehead atoms. The fourth-order valence-corrected chi connectivity index (χ4v) is 10.2. The maximum Gasteiger partial charge on any atom is 0.362 e. The highest BCUT2D eigenvalue weighted by Gasteiger charge is 2.56. The summed E-state index contributed by atoms with van der Waals surface area (Å²) in [6.45, 7) is 4.12. The van der Waals surface area contributed by atoms with Gasteiger partial charge < -0.3 is 20.2 Å². The van der Waals surface area contributed by atoms with Crippen LogP contribution in [0.3, 0.4) is 0 Å². The molecule has 1 unspecified atom stereocenters. The minimum Gasteiger partial charge on any atom is -0.448 e. The Kier molecular flexibility index (Phi) is 13.4. The largest absolute Gasteiger partial charge is 0.448 e. The highest BCUT2D eigenvalue weighted by Crippen LogP contribution is 2.42. The SMILES string of the molecule is Cc1cc[n+](C2=C(C(=O)OC(c3ccccc3)c3ccccc3)N3C(=O)[C@H](NC(=O)/C(=N\OCc4ccccc4)c4csc(NC(c5ccccc5)(c5ccccc5)c5ccccc5)n4)C3CC2)cc1C. The zero-order valence-electron chi connectivity index (χ0n) is 39.2. The van der Waals surface area contributed by atoms with Gasteiger partial charge in [0.15, 0.2) is 35.0 Å². The smallest absolute Gasteiger partial charge is 0.362 e. The summed E-state index contributed by atoms with van der Waals surface area (Å²) in [7, 11) is 0. The van der Waals surface area contributed by atoms with Gasteiger partial charge in [-0.1, -0.05) is 187 Å². The van der Waals surface area contributed by atoms with Crippen molar-refractivity contribution in [3.63, 3.8) is 0 Å². The number of anilines is 1. The predicted octanol–water partition coefficient (Wildman–Crippen LogP) is 10.1. The number of allylic oxidation sites excluding steroid dienone is 1. The average molecular weight is 956 g/mol. The number of rotatable bonds is 16. The second-order valence-electron chi connectivity index (χ2n) is 17.6. The van der Waals surface area contributed by atoms with Gasteiger partial charge >= 0.3 is 5.97 Å². The molecule has 11 nitrogen and oxygen atoms in total. The molecule has 6 aromatic carbocycles. The van der Waals surface area contributed by atoms with E-state index in [2.05, 4.69) is 52.2 Å². The third kappa shape index (κ3) is 9.49. The van der Waals surface area contributed by atoms with Crippen LogP contribution in [-0.4, -0.2) is 45.5 Å². The van der Waals surface area contributed by atoms with E-state index in [1.807, 2.05) is 182 Å². The minimum atomic E-state index is -0.979. The number of hydrogen-bond donors (Lipinski definition) is 2. The lowest BCUT2D eigenvalue weighted by Crippen LogP contribution is -2.72. The number of pyridine rings is 1. The lowest BCUT2D eigenvalue weighted by Gasteiger charge is -2.49. The number of ether oxygens (including phenoxy) is 1. The summed E-state index contributed by atoms with van der Waals surface area (Å²) in [6.07, 6.45) is 4.01. The number of aryl methyl sites for hydroxylation is 2. The fraction of sp³-hybridized carbons (Fsp3) is 0.153. The van der Waals surface area contributed by atoms with E-state index in [0.29, 0.717) is 23.7 Å². The second-order valence-corrected chi connectivity index (χ2v) is 18.5. The summed E-state index contributed by atoms with van der Waals surface area (Å²) < 4.78 is 8.35. The summed E-state index contributed by atoms with van der Waals surface area (Å²) in [4.78, 5) is 56.6. The third-order valence-electron chi connectivity index (χ3n) is 13.2. The molecule has 0 saturated carbocycles. The summed E-state index contributed by atoms with van der Waals surface area (Å²) in [6, 6.07) is 59.6. The normalized spacial score (nSPS) is 15.7. The van der Waals surface area contributed by atoms with Gasteiger partial charge in [0, 0.05) is 23.4 Å². The van der Waals surface area contributed by atoms with Crippen molar-refractivity contribution in [2.45, 2.75) is 57.0 Å². The Hall–Kier alpha value is -8.48. The number of thiazole rings is 1. The van der Waals surface area contributed by atoms with Crippen LogP contribution in [0.2, 0.25) is 0 Å². The molecular formula is C59H51N6O5S+.